The van der Waals surface area contributed by atoms with Gasteiger partial charge in [0.15, 0.2) is 6.29 Å². The Hall–Kier alpha value is -1.80. The molecule has 0 atom stereocenters. The lowest BCUT2D eigenvalue weighted by molar-refractivity contribution is 0.0598. The number of nitrogens with zero attached hydrogens (tertiary/aromatic N) is 1. The maximum absolute atomic E-state index is 11.2. The van der Waals surface area contributed by atoms with Gasteiger partial charge in [0.1, 0.15) is 6.07 Å². The highest BCUT2D eigenvalue weighted by Gasteiger charge is 2.16. The summed E-state index contributed by atoms with van der Waals surface area (Å²) >= 11 is 4.01. The zero-order valence-corrected chi connectivity index (χ0v) is 8.75. The van der Waals surface area contributed by atoms with Crippen molar-refractivity contribution < 1.29 is 14.3 Å². The van der Waals surface area contributed by atoms with Crippen molar-refractivity contribution >= 4 is 24.9 Å². The van der Waals surface area contributed by atoms with Gasteiger partial charge in [0.05, 0.1) is 18.2 Å². The summed E-state index contributed by atoms with van der Waals surface area (Å²) in [7, 11) is 1.22. The molecule has 0 aliphatic heterocycles. The minimum atomic E-state index is -0.628. The zero-order chi connectivity index (χ0) is 11.4. The molecule has 4 nitrogen and oxygen atoms in total. The van der Waals surface area contributed by atoms with Crippen LogP contribution in [-0.4, -0.2) is 19.4 Å². The van der Waals surface area contributed by atoms with Gasteiger partial charge in [-0.2, -0.15) is 5.26 Å². The molecule has 1 rings (SSSR count). The minimum Gasteiger partial charge on any atom is -0.465 e. The highest BCUT2D eigenvalue weighted by Crippen LogP contribution is 2.21. The predicted octanol–water partition coefficient (Wildman–Crippen LogP) is 1.45. The Kier molecular flexibility index (Phi) is 3.47. The van der Waals surface area contributed by atoms with Crippen molar-refractivity contribution in [1.82, 2.24) is 0 Å². The average molecular weight is 221 g/mol. The van der Waals surface area contributed by atoms with Crippen molar-refractivity contribution in [3.05, 3.63) is 28.8 Å². The fraction of sp³-hybridized carbons (Fsp3) is 0.100. The van der Waals surface area contributed by atoms with Gasteiger partial charge in [0.2, 0.25) is 0 Å². The third-order valence-corrected chi connectivity index (χ3v) is 2.34. The lowest BCUT2D eigenvalue weighted by Crippen LogP contribution is -2.06. The highest BCUT2D eigenvalue weighted by molar-refractivity contribution is 7.80. The molecule has 0 fully saturated rings. The Balaban J connectivity index is 3.45. The van der Waals surface area contributed by atoms with Crippen molar-refractivity contribution in [3.63, 3.8) is 0 Å². The highest BCUT2D eigenvalue weighted by atomic mass is 32.1. The lowest BCUT2D eigenvalue weighted by Gasteiger charge is -2.05. The van der Waals surface area contributed by atoms with Crippen molar-refractivity contribution in [3.8, 4) is 6.07 Å². The van der Waals surface area contributed by atoms with E-state index >= 15 is 0 Å². The number of nitriles is 1. The fourth-order valence-electron chi connectivity index (χ4n) is 1.11. The molecule has 15 heavy (non-hydrogen) atoms. The minimum absolute atomic E-state index is 0.0734. The van der Waals surface area contributed by atoms with Crippen LogP contribution in [0.4, 0.5) is 0 Å². The first-order valence-corrected chi connectivity index (χ1v) is 4.40. The summed E-state index contributed by atoms with van der Waals surface area (Å²) in [6.07, 6.45) is 0.482. The molecule has 76 valence electrons. The number of thiol groups is 1. The molecule has 1 aromatic rings. The standard InChI is InChI=1S/C10H7NO3S/c1-14-10(13)7-3-2-6(4-11)9(15)8(7)5-12/h2-3,5,15H,1H3. The smallest absolute Gasteiger partial charge is 0.338 e. The SMILES string of the molecule is COC(=O)c1ccc(C#N)c(S)c1C=O. The third kappa shape index (κ3) is 2.00. The molecule has 0 aromatic heterocycles. The van der Waals surface area contributed by atoms with E-state index in [2.05, 4.69) is 17.4 Å². The number of esters is 1. The summed E-state index contributed by atoms with van der Waals surface area (Å²) in [4.78, 5) is 22.2. The second-order valence-electron chi connectivity index (χ2n) is 2.64. The summed E-state index contributed by atoms with van der Waals surface area (Å²) in [6.45, 7) is 0. The number of hydrogen-bond donors (Lipinski definition) is 1. The number of hydrogen-bond acceptors (Lipinski definition) is 5. The molecule has 1 aromatic carbocycles. The Morgan fingerprint density at radius 1 is 1.60 bits per heavy atom. The molecule has 5 heteroatoms. The van der Waals surface area contributed by atoms with Gasteiger partial charge in [-0.3, -0.25) is 4.79 Å². The molecule has 0 saturated carbocycles. The van der Waals surface area contributed by atoms with E-state index in [1.807, 2.05) is 6.07 Å². The quantitative estimate of drug-likeness (QED) is 0.466. The first-order chi connectivity index (χ1) is 7.15. The van der Waals surface area contributed by atoms with Crippen molar-refractivity contribution in [2.24, 2.45) is 0 Å². The Bertz CT molecular complexity index is 462. The van der Waals surface area contributed by atoms with E-state index in [0.717, 1.165) is 0 Å². The van der Waals surface area contributed by atoms with E-state index in [1.165, 1.54) is 19.2 Å². The largest absolute Gasteiger partial charge is 0.465 e. The molecule has 0 radical (unpaired) electrons. The Labute approximate surface area is 91.9 Å². The van der Waals surface area contributed by atoms with Crippen molar-refractivity contribution in [2.45, 2.75) is 4.90 Å². The van der Waals surface area contributed by atoms with Gasteiger partial charge in [-0.1, -0.05) is 0 Å². The summed E-state index contributed by atoms with van der Waals surface area (Å²) in [5.41, 5.74) is 0.425. The third-order valence-electron chi connectivity index (χ3n) is 1.86. The van der Waals surface area contributed by atoms with Gasteiger partial charge in [-0.25, -0.2) is 4.79 Å². The summed E-state index contributed by atoms with van der Waals surface area (Å²) < 4.78 is 4.49. The first-order valence-electron chi connectivity index (χ1n) is 3.95. The van der Waals surface area contributed by atoms with E-state index < -0.39 is 5.97 Å². The van der Waals surface area contributed by atoms with Crippen LogP contribution in [0.1, 0.15) is 26.3 Å². The van der Waals surface area contributed by atoms with Crippen molar-refractivity contribution in [1.29, 1.82) is 5.26 Å². The molecule has 0 heterocycles. The van der Waals surface area contributed by atoms with Gasteiger partial charge in [-0.05, 0) is 12.1 Å². The van der Waals surface area contributed by atoms with Crippen LogP contribution in [0.5, 0.6) is 0 Å². The average Bonchev–Trinajstić information content (AvgIpc) is 2.27. The molecule has 0 bridgehead atoms. The number of rotatable bonds is 2. The van der Waals surface area contributed by atoms with Crippen LogP contribution in [0.3, 0.4) is 0 Å². The number of carbonyl (C=O) groups excluding carboxylic acids is 2. The number of ether oxygens (including phenoxy) is 1. The van der Waals surface area contributed by atoms with Crippen LogP contribution >= 0.6 is 12.6 Å². The van der Waals surface area contributed by atoms with Crippen LogP contribution in [-0.2, 0) is 4.74 Å². The summed E-state index contributed by atoms with van der Waals surface area (Å²) in [5, 5.41) is 8.69. The number of benzene rings is 1. The van der Waals surface area contributed by atoms with Gasteiger partial charge in [-0.15, -0.1) is 12.6 Å². The molecular formula is C10H7NO3S. The van der Waals surface area contributed by atoms with Crippen LogP contribution in [0.25, 0.3) is 0 Å². The normalized spacial score (nSPS) is 9.13. The van der Waals surface area contributed by atoms with E-state index in [-0.39, 0.29) is 21.6 Å². The number of aldehydes is 1. The molecule has 0 unspecified atom stereocenters. The molecule has 0 spiro atoms. The van der Waals surface area contributed by atoms with E-state index in [1.54, 1.807) is 0 Å². The lowest BCUT2D eigenvalue weighted by atomic mass is 10.1. The van der Waals surface area contributed by atoms with Crippen LogP contribution in [0.15, 0.2) is 17.0 Å². The summed E-state index contributed by atoms with van der Waals surface area (Å²) in [6, 6.07) is 4.65. The van der Waals surface area contributed by atoms with E-state index in [0.29, 0.717) is 6.29 Å². The van der Waals surface area contributed by atoms with Crippen LogP contribution in [0.2, 0.25) is 0 Å². The van der Waals surface area contributed by atoms with Crippen LogP contribution in [0, 0.1) is 11.3 Å². The molecular weight excluding hydrogens is 214 g/mol. The Morgan fingerprint density at radius 3 is 2.73 bits per heavy atom. The van der Waals surface area contributed by atoms with E-state index in [9.17, 15) is 9.59 Å². The van der Waals surface area contributed by atoms with E-state index in [4.69, 9.17) is 5.26 Å². The molecule has 0 N–H and O–H groups in total. The van der Waals surface area contributed by atoms with Gasteiger partial charge in [0.25, 0.3) is 0 Å². The maximum Gasteiger partial charge on any atom is 0.338 e. The second kappa shape index (κ2) is 4.62. The summed E-state index contributed by atoms with van der Waals surface area (Å²) in [5.74, 6) is -0.628. The van der Waals surface area contributed by atoms with Crippen LogP contribution < -0.4 is 0 Å². The number of methoxy groups -OCH3 is 1. The maximum atomic E-state index is 11.2. The fourth-order valence-corrected chi connectivity index (χ4v) is 1.40. The second-order valence-corrected chi connectivity index (χ2v) is 3.09. The predicted molar refractivity (Wildman–Crippen MR) is 55.1 cm³/mol. The monoisotopic (exact) mass is 221 g/mol. The van der Waals surface area contributed by atoms with Gasteiger partial charge >= 0.3 is 5.97 Å². The number of carbonyl (C=O) groups is 2. The zero-order valence-electron chi connectivity index (χ0n) is 7.85. The van der Waals surface area contributed by atoms with Crippen molar-refractivity contribution in [2.75, 3.05) is 7.11 Å². The Morgan fingerprint density at radius 2 is 2.27 bits per heavy atom. The van der Waals surface area contributed by atoms with Gasteiger partial charge < -0.3 is 4.74 Å². The van der Waals surface area contributed by atoms with Gasteiger partial charge in [0, 0.05) is 10.5 Å². The molecule has 0 saturated heterocycles. The first kappa shape index (κ1) is 11.3. The molecule has 0 amide bonds. The molecule has 0 aliphatic rings. The topological polar surface area (TPSA) is 67.2 Å². The molecule has 0 aliphatic carbocycles.